The summed E-state index contributed by atoms with van der Waals surface area (Å²) in [5, 5.41) is 3.90. The maximum absolute atomic E-state index is 11.9. The summed E-state index contributed by atoms with van der Waals surface area (Å²) in [6.45, 7) is 6.12. The molecule has 2 unspecified atom stereocenters. The summed E-state index contributed by atoms with van der Waals surface area (Å²) in [5.74, 6) is 0.438. The number of carbonyl (C=O) groups is 1. The Kier molecular flexibility index (Phi) is 5.47. The fourth-order valence-electron chi connectivity index (χ4n) is 1.13. The number of aryl methyl sites for hydroxylation is 1. The third-order valence-corrected chi connectivity index (χ3v) is 5.69. The molecule has 1 aromatic rings. The molecule has 1 aromatic heterocycles. The van der Waals surface area contributed by atoms with Gasteiger partial charge in [-0.25, -0.2) is 0 Å². The smallest absolute Gasteiger partial charge is 0.261 e. The van der Waals surface area contributed by atoms with Gasteiger partial charge < -0.3 is 5.32 Å². The molecule has 1 amide bonds. The van der Waals surface area contributed by atoms with E-state index in [1.165, 1.54) is 11.3 Å². The molecule has 0 fully saturated rings. The minimum absolute atomic E-state index is 0.0131. The molecule has 1 rings (SSSR count). The van der Waals surface area contributed by atoms with Gasteiger partial charge in [-0.2, -0.15) is 0 Å². The van der Waals surface area contributed by atoms with E-state index in [0.717, 1.165) is 19.6 Å². The number of amides is 1. The fourth-order valence-corrected chi connectivity index (χ4v) is 3.12. The zero-order chi connectivity index (χ0) is 12.3. The minimum Gasteiger partial charge on any atom is -0.349 e. The number of hydrogen-bond donors (Lipinski definition) is 1. The number of nitrogens with one attached hydrogen (secondary N) is 1. The Morgan fingerprint density at radius 2 is 2.19 bits per heavy atom. The molecule has 0 aliphatic carbocycles. The summed E-state index contributed by atoms with van der Waals surface area (Å²) in [5.41, 5.74) is 1.11. The molecular formula is C11H15Br2NOS. The van der Waals surface area contributed by atoms with E-state index in [9.17, 15) is 4.79 Å². The third-order valence-electron chi connectivity index (χ3n) is 2.54. The number of thiophene rings is 1. The number of carbonyl (C=O) groups excluding carboxylic acids is 1. The van der Waals surface area contributed by atoms with Crippen LogP contribution < -0.4 is 5.32 Å². The van der Waals surface area contributed by atoms with E-state index in [1.807, 2.05) is 19.9 Å². The molecule has 2 nitrogen and oxygen atoms in total. The van der Waals surface area contributed by atoms with Crippen LogP contribution in [-0.2, 0) is 0 Å². The molecule has 0 bridgehead atoms. The molecule has 0 aliphatic heterocycles. The highest BCUT2D eigenvalue weighted by molar-refractivity contribution is 9.11. The van der Waals surface area contributed by atoms with Gasteiger partial charge in [0, 0.05) is 11.4 Å². The lowest BCUT2D eigenvalue weighted by atomic mass is 10.1. The summed E-state index contributed by atoms with van der Waals surface area (Å²) in [6, 6.07) is 2.09. The van der Waals surface area contributed by atoms with E-state index in [1.54, 1.807) is 0 Å². The average molecular weight is 369 g/mol. The van der Waals surface area contributed by atoms with E-state index >= 15 is 0 Å². The van der Waals surface area contributed by atoms with Gasteiger partial charge in [0.25, 0.3) is 5.91 Å². The molecule has 90 valence electrons. The lowest BCUT2D eigenvalue weighted by molar-refractivity contribution is 0.0935. The monoisotopic (exact) mass is 367 g/mol. The number of alkyl halides is 1. The van der Waals surface area contributed by atoms with Gasteiger partial charge in [0.15, 0.2) is 0 Å². The van der Waals surface area contributed by atoms with Crippen LogP contribution >= 0.6 is 43.2 Å². The molecule has 1 heterocycles. The van der Waals surface area contributed by atoms with Crippen molar-refractivity contribution >= 4 is 49.1 Å². The molecule has 0 aliphatic rings. The number of hydrogen-bond acceptors (Lipinski definition) is 2. The van der Waals surface area contributed by atoms with Gasteiger partial charge in [-0.05, 0) is 47.3 Å². The van der Waals surface area contributed by atoms with E-state index in [-0.39, 0.29) is 11.9 Å². The van der Waals surface area contributed by atoms with Gasteiger partial charge in [0.1, 0.15) is 0 Å². The van der Waals surface area contributed by atoms with Crippen molar-refractivity contribution in [2.24, 2.45) is 5.92 Å². The molecule has 1 N–H and O–H groups in total. The molecular weight excluding hydrogens is 354 g/mol. The number of rotatable bonds is 4. The summed E-state index contributed by atoms with van der Waals surface area (Å²) < 4.78 is 1.03. The van der Waals surface area contributed by atoms with Crippen LogP contribution in [-0.4, -0.2) is 17.3 Å². The maximum Gasteiger partial charge on any atom is 0.261 e. The molecule has 0 spiro atoms. The first kappa shape index (κ1) is 14.2. The van der Waals surface area contributed by atoms with Crippen molar-refractivity contribution in [1.82, 2.24) is 5.32 Å². The Balaban J connectivity index is 2.65. The zero-order valence-electron chi connectivity index (χ0n) is 9.51. The van der Waals surface area contributed by atoms with Crippen molar-refractivity contribution in [3.05, 3.63) is 20.3 Å². The summed E-state index contributed by atoms with van der Waals surface area (Å²) in [4.78, 5) is 12.7. The highest BCUT2D eigenvalue weighted by Crippen LogP contribution is 2.27. The molecule has 0 saturated carbocycles. The van der Waals surface area contributed by atoms with Crippen LogP contribution in [0.4, 0.5) is 0 Å². The fraction of sp³-hybridized carbons (Fsp3) is 0.545. The van der Waals surface area contributed by atoms with Crippen LogP contribution in [0.1, 0.15) is 29.1 Å². The normalized spacial score (nSPS) is 14.6. The topological polar surface area (TPSA) is 29.1 Å². The lowest BCUT2D eigenvalue weighted by Crippen LogP contribution is -2.37. The van der Waals surface area contributed by atoms with Crippen molar-refractivity contribution < 1.29 is 4.79 Å². The summed E-state index contributed by atoms with van der Waals surface area (Å²) >= 11 is 8.32. The molecule has 0 saturated heterocycles. The molecule has 16 heavy (non-hydrogen) atoms. The van der Waals surface area contributed by atoms with Crippen LogP contribution in [0.3, 0.4) is 0 Å². The molecule has 0 radical (unpaired) electrons. The quantitative estimate of drug-likeness (QED) is 0.800. The standard InChI is InChI=1S/C11H15Br2NOS/c1-6-4-9(16-10(6)13)11(15)14-8(3)7(2)5-12/h4,7-8H,5H2,1-3H3,(H,14,15). The third kappa shape index (κ3) is 3.57. The summed E-state index contributed by atoms with van der Waals surface area (Å²) in [6.07, 6.45) is 0. The highest BCUT2D eigenvalue weighted by atomic mass is 79.9. The van der Waals surface area contributed by atoms with Gasteiger partial charge in [-0.1, -0.05) is 22.9 Å². The van der Waals surface area contributed by atoms with Crippen LogP contribution in [0.15, 0.2) is 9.85 Å². The van der Waals surface area contributed by atoms with Crippen molar-refractivity contribution in [3.8, 4) is 0 Å². The molecule has 5 heteroatoms. The Morgan fingerprint density at radius 1 is 1.56 bits per heavy atom. The predicted octanol–water partition coefficient (Wildman–Crippen LogP) is 3.97. The van der Waals surface area contributed by atoms with Crippen molar-refractivity contribution in [1.29, 1.82) is 0 Å². The Bertz CT molecular complexity index is 359. The van der Waals surface area contributed by atoms with E-state index in [2.05, 4.69) is 44.1 Å². The average Bonchev–Trinajstić information content (AvgIpc) is 2.58. The summed E-state index contributed by atoms with van der Waals surface area (Å²) in [7, 11) is 0. The highest BCUT2D eigenvalue weighted by Gasteiger charge is 2.16. The maximum atomic E-state index is 11.9. The largest absolute Gasteiger partial charge is 0.349 e. The second-order valence-corrected chi connectivity index (χ2v) is 6.98. The van der Waals surface area contributed by atoms with E-state index < -0.39 is 0 Å². The van der Waals surface area contributed by atoms with Crippen molar-refractivity contribution in [2.45, 2.75) is 26.8 Å². The van der Waals surface area contributed by atoms with Crippen LogP contribution in [0, 0.1) is 12.8 Å². The van der Waals surface area contributed by atoms with Gasteiger partial charge in [0.05, 0.1) is 8.66 Å². The second-order valence-electron chi connectivity index (χ2n) is 3.96. The Labute approximate surface area is 117 Å². The zero-order valence-corrected chi connectivity index (χ0v) is 13.5. The van der Waals surface area contributed by atoms with Crippen LogP contribution in [0.2, 0.25) is 0 Å². The number of halogens is 2. The minimum atomic E-state index is 0.0131. The second kappa shape index (κ2) is 6.17. The first-order chi connectivity index (χ1) is 7.45. The first-order valence-electron chi connectivity index (χ1n) is 5.08. The predicted molar refractivity (Wildman–Crippen MR) is 76.6 cm³/mol. The van der Waals surface area contributed by atoms with Gasteiger partial charge >= 0.3 is 0 Å². The van der Waals surface area contributed by atoms with Gasteiger partial charge in [0.2, 0.25) is 0 Å². The van der Waals surface area contributed by atoms with Crippen LogP contribution in [0.5, 0.6) is 0 Å². The Hall–Kier alpha value is 0.130. The first-order valence-corrected chi connectivity index (χ1v) is 7.81. The molecule has 0 aromatic carbocycles. The van der Waals surface area contributed by atoms with Crippen LogP contribution in [0.25, 0.3) is 0 Å². The van der Waals surface area contributed by atoms with E-state index in [4.69, 9.17) is 0 Å². The Morgan fingerprint density at radius 3 is 2.62 bits per heavy atom. The van der Waals surface area contributed by atoms with Gasteiger partial charge in [-0.15, -0.1) is 11.3 Å². The van der Waals surface area contributed by atoms with E-state index in [0.29, 0.717) is 5.92 Å². The lowest BCUT2D eigenvalue weighted by Gasteiger charge is -2.18. The SMILES string of the molecule is Cc1cc(C(=O)NC(C)C(C)CBr)sc1Br. The van der Waals surface area contributed by atoms with Gasteiger partial charge in [-0.3, -0.25) is 4.79 Å². The van der Waals surface area contributed by atoms with Crippen molar-refractivity contribution in [2.75, 3.05) is 5.33 Å². The van der Waals surface area contributed by atoms with Crippen molar-refractivity contribution in [3.63, 3.8) is 0 Å². The molecule has 2 atom stereocenters.